The molecular weight excluding hydrogens is 317 g/mol. The molecule has 1 aromatic carbocycles. The molecule has 4 rings (SSSR count). The number of hydrogen-bond donors (Lipinski definition) is 0. The largest absolute Gasteiger partial charge is 0.356 e. The van der Waals surface area contributed by atoms with Gasteiger partial charge in [0.2, 0.25) is 5.16 Å². The Hall–Kier alpha value is -2.22. The molecular formula is C15H14FN5OS. The van der Waals surface area contributed by atoms with Gasteiger partial charge in [-0.1, -0.05) is 16.9 Å². The molecule has 2 heterocycles. The van der Waals surface area contributed by atoms with Crippen molar-refractivity contribution in [2.24, 2.45) is 0 Å². The Morgan fingerprint density at radius 3 is 2.83 bits per heavy atom. The first-order chi connectivity index (χ1) is 11.2. The third-order valence-electron chi connectivity index (χ3n) is 3.82. The highest BCUT2D eigenvalue weighted by Gasteiger charge is 2.28. The zero-order chi connectivity index (χ0) is 15.8. The fourth-order valence-electron chi connectivity index (χ4n) is 2.34. The van der Waals surface area contributed by atoms with E-state index in [0.717, 1.165) is 34.8 Å². The summed E-state index contributed by atoms with van der Waals surface area (Å²) >= 11 is 1.54. The smallest absolute Gasteiger partial charge is 0.209 e. The van der Waals surface area contributed by atoms with Crippen LogP contribution in [-0.2, 0) is 5.75 Å². The highest BCUT2D eigenvalue weighted by molar-refractivity contribution is 7.98. The minimum absolute atomic E-state index is 0.270. The van der Waals surface area contributed by atoms with Crippen LogP contribution in [0.2, 0.25) is 0 Å². The van der Waals surface area contributed by atoms with Gasteiger partial charge in [0.25, 0.3) is 0 Å². The van der Waals surface area contributed by atoms with Gasteiger partial charge in [-0.05, 0) is 54.5 Å². The van der Waals surface area contributed by atoms with Crippen LogP contribution in [-0.4, -0.2) is 25.4 Å². The van der Waals surface area contributed by atoms with Crippen LogP contribution < -0.4 is 0 Å². The van der Waals surface area contributed by atoms with Crippen LogP contribution in [0.5, 0.6) is 0 Å². The normalized spacial score (nSPS) is 14.3. The number of thioether (sulfide) groups is 1. The molecule has 0 amide bonds. The minimum Gasteiger partial charge on any atom is -0.356 e. The number of aromatic nitrogens is 5. The summed E-state index contributed by atoms with van der Waals surface area (Å²) in [5.41, 5.74) is 2.62. The number of tetrazole rings is 1. The standard InChI is InChI=1S/C15H14FN5OS/c1-9-13(8-23-15-17-19-20-21(15)12-6-7-12)18-22-14(9)10-2-4-11(16)5-3-10/h2-5,12H,6-8H2,1H3. The zero-order valence-electron chi connectivity index (χ0n) is 12.4. The second-order valence-electron chi connectivity index (χ2n) is 5.52. The molecule has 0 bridgehead atoms. The minimum atomic E-state index is -0.270. The number of hydrogen-bond acceptors (Lipinski definition) is 6. The van der Waals surface area contributed by atoms with E-state index < -0.39 is 0 Å². The van der Waals surface area contributed by atoms with E-state index in [-0.39, 0.29) is 5.82 Å². The van der Waals surface area contributed by atoms with Gasteiger partial charge in [-0.25, -0.2) is 9.07 Å². The Balaban J connectivity index is 1.51. The summed E-state index contributed by atoms with van der Waals surface area (Å²) in [5, 5.41) is 16.8. The van der Waals surface area contributed by atoms with Gasteiger partial charge >= 0.3 is 0 Å². The lowest BCUT2D eigenvalue weighted by Crippen LogP contribution is -1.99. The van der Waals surface area contributed by atoms with Crippen molar-refractivity contribution < 1.29 is 8.91 Å². The quantitative estimate of drug-likeness (QED) is 0.667. The van der Waals surface area contributed by atoms with Crippen molar-refractivity contribution in [1.82, 2.24) is 25.4 Å². The molecule has 0 radical (unpaired) electrons. The summed E-state index contributed by atoms with van der Waals surface area (Å²) in [4.78, 5) is 0. The molecule has 0 N–H and O–H groups in total. The predicted octanol–water partition coefficient (Wildman–Crippen LogP) is 3.40. The van der Waals surface area contributed by atoms with E-state index in [1.165, 1.54) is 12.1 Å². The van der Waals surface area contributed by atoms with E-state index in [0.29, 0.717) is 17.6 Å². The van der Waals surface area contributed by atoms with Crippen molar-refractivity contribution in [3.63, 3.8) is 0 Å². The zero-order valence-corrected chi connectivity index (χ0v) is 13.3. The van der Waals surface area contributed by atoms with Crippen molar-refractivity contribution >= 4 is 11.8 Å². The van der Waals surface area contributed by atoms with Crippen molar-refractivity contribution in [3.8, 4) is 11.3 Å². The van der Waals surface area contributed by atoms with Crippen LogP contribution in [0.15, 0.2) is 33.9 Å². The molecule has 3 aromatic rings. The molecule has 118 valence electrons. The van der Waals surface area contributed by atoms with Gasteiger partial charge in [0.15, 0.2) is 5.76 Å². The van der Waals surface area contributed by atoms with Gasteiger partial charge in [0.1, 0.15) is 5.82 Å². The monoisotopic (exact) mass is 331 g/mol. The average molecular weight is 331 g/mol. The first kappa shape index (κ1) is 14.4. The molecule has 2 aromatic heterocycles. The van der Waals surface area contributed by atoms with E-state index in [1.807, 2.05) is 11.6 Å². The summed E-state index contributed by atoms with van der Waals surface area (Å²) in [6, 6.07) is 6.65. The summed E-state index contributed by atoms with van der Waals surface area (Å²) in [5.74, 6) is 1.03. The Kier molecular flexibility index (Phi) is 3.60. The van der Waals surface area contributed by atoms with Crippen LogP contribution >= 0.6 is 11.8 Å². The van der Waals surface area contributed by atoms with Gasteiger partial charge in [-0.3, -0.25) is 0 Å². The number of benzene rings is 1. The maximum atomic E-state index is 13.0. The van der Waals surface area contributed by atoms with Crippen LogP contribution in [0, 0.1) is 12.7 Å². The van der Waals surface area contributed by atoms with Gasteiger partial charge in [-0.15, -0.1) is 5.10 Å². The molecule has 0 saturated heterocycles. The maximum Gasteiger partial charge on any atom is 0.209 e. The third-order valence-corrected chi connectivity index (χ3v) is 4.77. The second-order valence-corrected chi connectivity index (χ2v) is 6.46. The van der Waals surface area contributed by atoms with Gasteiger partial charge in [-0.2, -0.15) is 0 Å². The lowest BCUT2D eigenvalue weighted by atomic mass is 10.1. The Labute approximate surface area is 136 Å². The molecule has 0 atom stereocenters. The van der Waals surface area contributed by atoms with E-state index in [2.05, 4.69) is 20.7 Å². The lowest BCUT2D eigenvalue weighted by Gasteiger charge is -2.01. The molecule has 6 nitrogen and oxygen atoms in total. The van der Waals surface area contributed by atoms with Crippen LogP contribution in [0.1, 0.15) is 30.1 Å². The topological polar surface area (TPSA) is 69.6 Å². The number of rotatable bonds is 5. The van der Waals surface area contributed by atoms with Crippen molar-refractivity contribution in [1.29, 1.82) is 0 Å². The van der Waals surface area contributed by atoms with Crippen LogP contribution in [0.25, 0.3) is 11.3 Å². The van der Waals surface area contributed by atoms with Crippen molar-refractivity contribution in [2.75, 3.05) is 0 Å². The fraction of sp³-hybridized carbons (Fsp3) is 0.333. The fourth-order valence-corrected chi connectivity index (χ4v) is 3.28. The molecule has 1 aliphatic rings. The first-order valence-corrected chi connectivity index (χ1v) is 8.32. The van der Waals surface area contributed by atoms with Crippen molar-refractivity contribution in [3.05, 3.63) is 41.3 Å². The van der Waals surface area contributed by atoms with E-state index in [9.17, 15) is 4.39 Å². The van der Waals surface area contributed by atoms with Crippen molar-refractivity contribution in [2.45, 2.75) is 36.7 Å². The van der Waals surface area contributed by atoms with Gasteiger partial charge in [0.05, 0.1) is 11.7 Å². The lowest BCUT2D eigenvalue weighted by molar-refractivity contribution is 0.426. The second kappa shape index (κ2) is 5.77. The Morgan fingerprint density at radius 2 is 2.09 bits per heavy atom. The summed E-state index contributed by atoms with van der Waals surface area (Å²) in [7, 11) is 0. The summed E-state index contributed by atoms with van der Waals surface area (Å²) in [6.45, 7) is 1.95. The molecule has 0 unspecified atom stereocenters. The third kappa shape index (κ3) is 2.86. The summed E-state index contributed by atoms with van der Waals surface area (Å²) < 4.78 is 20.3. The van der Waals surface area contributed by atoms with E-state index >= 15 is 0 Å². The van der Waals surface area contributed by atoms with Crippen LogP contribution in [0.4, 0.5) is 4.39 Å². The molecule has 23 heavy (non-hydrogen) atoms. The Morgan fingerprint density at radius 1 is 1.30 bits per heavy atom. The number of nitrogens with zero attached hydrogens (tertiary/aromatic N) is 5. The molecule has 1 aliphatic carbocycles. The number of halogens is 1. The molecule has 1 saturated carbocycles. The van der Waals surface area contributed by atoms with Gasteiger partial charge in [0, 0.05) is 16.9 Å². The highest BCUT2D eigenvalue weighted by atomic mass is 32.2. The van der Waals surface area contributed by atoms with E-state index in [1.54, 1.807) is 23.9 Å². The maximum absolute atomic E-state index is 13.0. The molecule has 1 fully saturated rings. The molecule has 0 aliphatic heterocycles. The molecule has 8 heteroatoms. The predicted molar refractivity (Wildman–Crippen MR) is 82.3 cm³/mol. The first-order valence-electron chi connectivity index (χ1n) is 7.34. The molecule has 0 spiro atoms. The Bertz CT molecular complexity index is 825. The summed E-state index contributed by atoms with van der Waals surface area (Å²) in [6.07, 6.45) is 2.27. The SMILES string of the molecule is Cc1c(CSc2nnnn2C2CC2)noc1-c1ccc(F)cc1. The van der Waals surface area contributed by atoms with Gasteiger partial charge < -0.3 is 4.52 Å². The van der Waals surface area contributed by atoms with E-state index in [4.69, 9.17) is 4.52 Å². The highest BCUT2D eigenvalue weighted by Crippen LogP contribution is 2.37. The van der Waals surface area contributed by atoms with Crippen LogP contribution in [0.3, 0.4) is 0 Å². The average Bonchev–Trinajstić information content (AvgIpc) is 3.18.